The summed E-state index contributed by atoms with van der Waals surface area (Å²) in [6, 6.07) is 10.1. The number of benzene rings is 1. The van der Waals surface area contributed by atoms with E-state index in [9.17, 15) is 4.79 Å². The molecule has 0 bridgehead atoms. The van der Waals surface area contributed by atoms with E-state index in [0.29, 0.717) is 29.9 Å². The number of likely N-dealkylation sites (N-methyl/N-ethyl adjacent to an activating group) is 1. The molecule has 0 spiro atoms. The number of carbonyl (C=O) groups is 1. The number of hydrogen-bond acceptors (Lipinski definition) is 6. The summed E-state index contributed by atoms with van der Waals surface area (Å²) >= 11 is 1.19. The van der Waals surface area contributed by atoms with Crippen LogP contribution in [0.1, 0.15) is 82.7 Å². The van der Waals surface area contributed by atoms with Crippen LogP contribution in [0.4, 0.5) is 0 Å². The molecule has 0 aliphatic carbocycles. The fourth-order valence-corrected chi connectivity index (χ4v) is 4.82. The minimum atomic E-state index is -0.357. The molecule has 2 heterocycles. The van der Waals surface area contributed by atoms with Crippen LogP contribution in [0.15, 0.2) is 36.4 Å². The Morgan fingerprint density at radius 2 is 1.88 bits per heavy atom. The first-order valence-corrected chi connectivity index (χ1v) is 13.0. The van der Waals surface area contributed by atoms with Gasteiger partial charge in [-0.25, -0.2) is 0 Å². The molecule has 6 nitrogen and oxygen atoms in total. The summed E-state index contributed by atoms with van der Waals surface area (Å²) in [6.45, 7) is 6.55. The summed E-state index contributed by atoms with van der Waals surface area (Å²) in [5.74, 6) is 0.500. The van der Waals surface area contributed by atoms with E-state index in [-0.39, 0.29) is 12.2 Å². The van der Waals surface area contributed by atoms with Crippen molar-refractivity contribution in [3.05, 3.63) is 47.7 Å². The first kappa shape index (κ1) is 25.4. The van der Waals surface area contributed by atoms with E-state index in [1.807, 2.05) is 18.2 Å². The van der Waals surface area contributed by atoms with Gasteiger partial charge in [-0.05, 0) is 25.0 Å². The van der Waals surface area contributed by atoms with E-state index < -0.39 is 0 Å². The number of aromatic nitrogens is 2. The molecule has 1 aromatic carbocycles. The van der Waals surface area contributed by atoms with Crippen molar-refractivity contribution in [3.63, 3.8) is 0 Å². The Labute approximate surface area is 202 Å². The first-order valence-electron chi connectivity index (χ1n) is 12.3. The van der Waals surface area contributed by atoms with Crippen molar-refractivity contribution in [1.82, 2.24) is 8.75 Å². The van der Waals surface area contributed by atoms with Crippen LogP contribution in [0.2, 0.25) is 0 Å². The number of quaternary nitrogens is 1. The Balaban J connectivity index is 1.76. The molecule has 3 rings (SSSR count). The quantitative estimate of drug-likeness (QED) is 0.198. The molecule has 33 heavy (non-hydrogen) atoms. The minimum absolute atomic E-state index is 0.132. The van der Waals surface area contributed by atoms with Crippen molar-refractivity contribution in [2.45, 2.75) is 71.4 Å². The van der Waals surface area contributed by atoms with E-state index in [4.69, 9.17) is 9.47 Å². The molecule has 2 aromatic rings. The van der Waals surface area contributed by atoms with Crippen molar-refractivity contribution in [3.8, 4) is 5.88 Å². The lowest BCUT2D eigenvalue weighted by atomic mass is 10.0. The maximum Gasteiger partial charge on any atom is 0.310 e. The SMILES string of the molecule is CCCCCCOc1nsnc1C1=CCC[N+](C)(C(OC(=O)CCCC)c2ccccc2)C1. The Hall–Kier alpha value is -2.25. The molecule has 2 unspecified atom stereocenters. The van der Waals surface area contributed by atoms with Gasteiger partial charge in [-0.15, -0.1) is 4.37 Å². The summed E-state index contributed by atoms with van der Waals surface area (Å²) < 4.78 is 21.7. The third-order valence-electron chi connectivity index (χ3n) is 6.19. The molecule has 0 amide bonds. The van der Waals surface area contributed by atoms with Crippen LogP contribution in [0.3, 0.4) is 0 Å². The maximum atomic E-state index is 12.6. The van der Waals surface area contributed by atoms with Gasteiger partial charge in [0.05, 0.1) is 37.5 Å². The fourth-order valence-electron chi connectivity index (χ4n) is 4.28. The lowest BCUT2D eigenvalue weighted by Crippen LogP contribution is -2.51. The maximum absolute atomic E-state index is 12.6. The molecular weight excluding hydrogens is 434 g/mol. The molecule has 180 valence electrons. The van der Waals surface area contributed by atoms with Gasteiger partial charge in [0.25, 0.3) is 12.1 Å². The Kier molecular flexibility index (Phi) is 9.88. The highest BCUT2D eigenvalue weighted by Crippen LogP contribution is 2.37. The summed E-state index contributed by atoms with van der Waals surface area (Å²) in [4.78, 5) is 12.6. The molecule has 0 radical (unpaired) electrons. The summed E-state index contributed by atoms with van der Waals surface area (Å²) in [6.07, 6.45) is 9.67. The zero-order valence-electron chi connectivity index (χ0n) is 20.3. The summed E-state index contributed by atoms with van der Waals surface area (Å²) in [5, 5.41) is 0. The third-order valence-corrected chi connectivity index (χ3v) is 6.70. The predicted molar refractivity (Wildman–Crippen MR) is 133 cm³/mol. The van der Waals surface area contributed by atoms with Crippen LogP contribution in [0, 0.1) is 0 Å². The smallest absolute Gasteiger partial charge is 0.310 e. The van der Waals surface area contributed by atoms with Gasteiger partial charge in [0.2, 0.25) is 0 Å². The molecule has 0 saturated carbocycles. The van der Waals surface area contributed by atoms with Crippen LogP contribution in [-0.2, 0) is 9.53 Å². The third kappa shape index (κ3) is 7.11. The van der Waals surface area contributed by atoms with E-state index in [0.717, 1.165) is 49.1 Å². The largest absolute Gasteiger partial charge is 0.475 e. The van der Waals surface area contributed by atoms with Crippen molar-refractivity contribution >= 4 is 23.3 Å². The number of rotatable bonds is 13. The average Bonchev–Trinajstić information content (AvgIpc) is 3.30. The topological polar surface area (TPSA) is 61.3 Å². The monoisotopic (exact) mass is 472 g/mol. The first-order chi connectivity index (χ1) is 16.1. The fraction of sp³-hybridized carbons (Fsp3) is 0.577. The Bertz CT molecular complexity index is 899. The van der Waals surface area contributed by atoms with Crippen molar-refractivity contribution in [2.75, 3.05) is 26.7 Å². The van der Waals surface area contributed by atoms with Gasteiger partial charge >= 0.3 is 5.97 Å². The number of unbranched alkanes of at least 4 members (excludes halogenated alkanes) is 4. The molecule has 7 heteroatoms. The minimum Gasteiger partial charge on any atom is -0.475 e. The summed E-state index contributed by atoms with van der Waals surface area (Å²) in [5.41, 5.74) is 2.98. The zero-order valence-corrected chi connectivity index (χ0v) is 21.1. The van der Waals surface area contributed by atoms with Gasteiger partial charge in [-0.2, -0.15) is 4.37 Å². The second-order valence-corrected chi connectivity index (χ2v) is 9.59. The van der Waals surface area contributed by atoms with E-state index >= 15 is 0 Å². The molecule has 0 N–H and O–H groups in total. The van der Waals surface area contributed by atoms with Gasteiger partial charge in [0.1, 0.15) is 12.2 Å². The predicted octanol–water partition coefficient (Wildman–Crippen LogP) is 6.16. The Morgan fingerprint density at radius 1 is 1.09 bits per heavy atom. The van der Waals surface area contributed by atoms with Crippen molar-refractivity contribution in [1.29, 1.82) is 0 Å². The molecule has 0 saturated heterocycles. The lowest BCUT2D eigenvalue weighted by Gasteiger charge is -2.42. The van der Waals surface area contributed by atoms with Gasteiger partial charge in [0.15, 0.2) is 0 Å². The van der Waals surface area contributed by atoms with Crippen LogP contribution >= 0.6 is 11.7 Å². The van der Waals surface area contributed by atoms with E-state index in [2.05, 4.69) is 47.9 Å². The van der Waals surface area contributed by atoms with Crippen LogP contribution in [0.25, 0.3) is 5.57 Å². The highest BCUT2D eigenvalue weighted by Gasteiger charge is 2.40. The van der Waals surface area contributed by atoms with Gasteiger partial charge in [-0.3, -0.25) is 9.28 Å². The molecule has 0 fully saturated rings. The van der Waals surface area contributed by atoms with Gasteiger partial charge < -0.3 is 9.47 Å². The molecular formula is C26H38N3O3S+. The number of carbonyl (C=O) groups excluding carboxylic acids is 1. The molecule has 1 aliphatic heterocycles. The number of ether oxygens (including phenoxy) is 2. The highest BCUT2D eigenvalue weighted by molar-refractivity contribution is 6.99. The van der Waals surface area contributed by atoms with E-state index in [1.165, 1.54) is 31.0 Å². The second-order valence-electron chi connectivity index (χ2n) is 9.06. The van der Waals surface area contributed by atoms with Crippen LogP contribution < -0.4 is 4.74 Å². The molecule has 2 atom stereocenters. The lowest BCUT2D eigenvalue weighted by molar-refractivity contribution is -0.953. The van der Waals surface area contributed by atoms with Crippen LogP contribution in [-0.4, -0.2) is 45.9 Å². The molecule has 1 aliphatic rings. The normalized spacial score (nSPS) is 19.1. The van der Waals surface area contributed by atoms with Crippen molar-refractivity contribution in [2.24, 2.45) is 0 Å². The summed E-state index contributed by atoms with van der Waals surface area (Å²) in [7, 11) is 2.17. The van der Waals surface area contributed by atoms with E-state index in [1.54, 1.807) is 0 Å². The Morgan fingerprint density at radius 3 is 2.64 bits per heavy atom. The van der Waals surface area contributed by atoms with Crippen LogP contribution in [0.5, 0.6) is 5.88 Å². The van der Waals surface area contributed by atoms with Gasteiger partial charge in [-0.1, -0.05) is 63.8 Å². The number of hydrogen-bond donors (Lipinski definition) is 0. The standard InChI is InChI=1S/C26H38N3O3S/c1-4-6-8-12-19-31-25-24(27-33-28-25)22-16-13-18-29(3,20-22)26(21-14-10-9-11-15-21)32-23(30)17-7-5-2/h9-11,14-16,26H,4-8,12-13,17-20H2,1-3H3/q+1. The highest BCUT2D eigenvalue weighted by atomic mass is 32.1. The molecule has 1 aromatic heterocycles. The zero-order chi connectivity index (χ0) is 23.5. The number of nitrogens with zero attached hydrogens (tertiary/aromatic N) is 3. The van der Waals surface area contributed by atoms with Crippen molar-refractivity contribution < 1.29 is 18.8 Å². The second kappa shape index (κ2) is 12.8. The number of esters is 1. The average molecular weight is 473 g/mol. The van der Waals surface area contributed by atoms with Gasteiger partial charge in [0, 0.05) is 18.4 Å².